The average molecular weight is 338 g/mol. The van der Waals surface area contributed by atoms with Crippen LogP contribution in [0.15, 0.2) is 35.7 Å². The van der Waals surface area contributed by atoms with Gasteiger partial charge in [0.2, 0.25) is 0 Å². The van der Waals surface area contributed by atoms with Crippen molar-refractivity contribution in [2.24, 2.45) is 0 Å². The molecule has 0 spiro atoms. The molecule has 0 unspecified atom stereocenters. The minimum absolute atomic E-state index is 0.916. The second kappa shape index (κ2) is 6.87. The summed E-state index contributed by atoms with van der Waals surface area (Å²) in [7, 11) is 0. The molecular formula is C19H22N4S. The number of aromatic nitrogens is 3. The zero-order chi connectivity index (χ0) is 16.4. The Bertz CT molecular complexity index is 806. The number of hydrogen-bond donors (Lipinski definition) is 1. The highest BCUT2D eigenvalue weighted by molar-refractivity contribution is 7.13. The summed E-state index contributed by atoms with van der Waals surface area (Å²) >= 11 is 1.73. The minimum Gasteiger partial charge on any atom is -0.293 e. The van der Waals surface area contributed by atoms with Crippen LogP contribution >= 0.6 is 11.3 Å². The van der Waals surface area contributed by atoms with Crippen molar-refractivity contribution < 1.29 is 0 Å². The van der Waals surface area contributed by atoms with Gasteiger partial charge in [0.1, 0.15) is 5.01 Å². The van der Waals surface area contributed by atoms with Crippen molar-refractivity contribution in [1.82, 2.24) is 20.1 Å². The number of nitrogens with zero attached hydrogens (tertiary/aromatic N) is 3. The van der Waals surface area contributed by atoms with Crippen LogP contribution in [0.3, 0.4) is 0 Å². The van der Waals surface area contributed by atoms with Crippen molar-refractivity contribution in [3.63, 3.8) is 0 Å². The van der Waals surface area contributed by atoms with E-state index in [1.807, 2.05) is 6.07 Å². The summed E-state index contributed by atoms with van der Waals surface area (Å²) in [5.74, 6) is 0. The highest BCUT2D eigenvalue weighted by atomic mass is 32.1. The molecule has 24 heavy (non-hydrogen) atoms. The summed E-state index contributed by atoms with van der Waals surface area (Å²) in [6.45, 7) is 5.18. The quantitative estimate of drug-likeness (QED) is 0.763. The van der Waals surface area contributed by atoms with Crippen molar-refractivity contribution in [3.8, 4) is 10.6 Å². The van der Waals surface area contributed by atoms with Crippen LogP contribution < -0.4 is 0 Å². The fourth-order valence-electron chi connectivity index (χ4n) is 3.31. The zero-order valence-electron chi connectivity index (χ0n) is 14.0. The lowest BCUT2D eigenvalue weighted by Gasteiger charge is -2.26. The first-order chi connectivity index (χ1) is 11.8. The van der Waals surface area contributed by atoms with Crippen molar-refractivity contribution in [2.45, 2.75) is 39.3 Å². The Hall–Kier alpha value is -1.98. The summed E-state index contributed by atoms with van der Waals surface area (Å²) in [6.07, 6.45) is 3.26. The van der Waals surface area contributed by atoms with E-state index < -0.39 is 0 Å². The minimum atomic E-state index is 0.916. The number of thiazole rings is 1. The lowest BCUT2D eigenvalue weighted by Crippen LogP contribution is -2.30. The summed E-state index contributed by atoms with van der Waals surface area (Å²) in [5, 5.41) is 11.0. The molecule has 1 aromatic carbocycles. The fraction of sp³-hybridized carbons (Fsp3) is 0.368. The van der Waals surface area contributed by atoms with Gasteiger partial charge in [0.25, 0.3) is 0 Å². The molecule has 0 saturated carbocycles. The third-order valence-corrected chi connectivity index (χ3v) is 5.48. The number of H-pyrrole nitrogens is 1. The van der Waals surface area contributed by atoms with E-state index >= 15 is 0 Å². The van der Waals surface area contributed by atoms with Crippen LogP contribution in [-0.2, 0) is 25.9 Å². The topological polar surface area (TPSA) is 44.8 Å². The Labute approximate surface area is 146 Å². The molecule has 0 fully saturated rings. The van der Waals surface area contributed by atoms with Gasteiger partial charge in [-0.3, -0.25) is 10.00 Å². The summed E-state index contributed by atoms with van der Waals surface area (Å²) in [5.41, 5.74) is 6.37. The smallest absolute Gasteiger partial charge is 0.123 e. The van der Waals surface area contributed by atoms with E-state index in [-0.39, 0.29) is 0 Å². The maximum Gasteiger partial charge on any atom is 0.123 e. The SMILES string of the molecule is CCCc1n[nH]c2c1CN(Cc1csc(-c3ccccc3)n1)CC2. The number of benzene rings is 1. The summed E-state index contributed by atoms with van der Waals surface area (Å²) in [6, 6.07) is 10.4. The van der Waals surface area contributed by atoms with E-state index in [0.29, 0.717) is 0 Å². The predicted molar refractivity (Wildman–Crippen MR) is 98.0 cm³/mol. The molecule has 0 bridgehead atoms. The van der Waals surface area contributed by atoms with Gasteiger partial charge < -0.3 is 0 Å². The van der Waals surface area contributed by atoms with E-state index in [4.69, 9.17) is 4.98 Å². The van der Waals surface area contributed by atoms with Gasteiger partial charge in [-0.15, -0.1) is 11.3 Å². The molecule has 0 saturated heterocycles. The molecule has 0 amide bonds. The van der Waals surface area contributed by atoms with E-state index in [1.54, 1.807) is 11.3 Å². The number of fused-ring (bicyclic) bond motifs is 1. The Morgan fingerprint density at radius 2 is 2.12 bits per heavy atom. The molecule has 3 heterocycles. The van der Waals surface area contributed by atoms with Crippen LogP contribution in [0, 0.1) is 0 Å². The number of aryl methyl sites for hydroxylation is 1. The molecule has 3 aromatic rings. The van der Waals surface area contributed by atoms with Gasteiger partial charge in [0, 0.05) is 48.3 Å². The first-order valence-electron chi connectivity index (χ1n) is 8.60. The van der Waals surface area contributed by atoms with Crippen molar-refractivity contribution in [1.29, 1.82) is 0 Å². The van der Waals surface area contributed by atoms with Gasteiger partial charge in [0.15, 0.2) is 0 Å². The molecule has 1 aliphatic rings. The molecule has 0 radical (unpaired) electrons. The normalized spacial score (nSPS) is 14.7. The van der Waals surface area contributed by atoms with Gasteiger partial charge in [-0.05, 0) is 6.42 Å². The second-order valence-corrected chi connectivity index (χ2v) is 7.21. The molecule has 0 atom stereocenters. The van der Waals surface area contributed by atoms with Crippen LogP contribution in [0.1, 0.15) is 36.0 Å². The van der Waals surface area contributed by atoms with Crippen LogP contribution in [0.5, 0.6) is 0 Å². The van der Waals surface area contributed by atoms with Crippen LogP contribution in [0.2, 0.25) is 0 Å². The maximum absolute atomic E-state index is 4.83. The maximum atomic E-state index is 4.83. The number of hydrogen-bond acceptors (Lipinski definition) is 4. The first kappa shape index (κ1) is 15.5. The van der Waals surface area contributed by atoms with Gasteiger partial charge in [-0.1, -0.05) is 43.7 Å². The highest BCUT2D eigenvalue weighted by Crippen LogP contribution is 2.26. The van der Waals surface area contributed by atoms with Crippen molar-refractivity contribution >= 4 is 11.3 Å². The molecule has 0 aliphatic carbocycles. The first-order valence-corrected chi connectivity index (χ1v) is 9.48. The third-order valence-electron chi connectivity index (χ3n) is 4.54. The molecular weight excluding hydrogens is 316 g/mol. The lowest BCUT2D eigenvalue weighted by atomic mass is 10.0. The van der Waals surface area contributed by atoms with E-state index in [2.05, 4.69) is 51.7 Å². The molecule has 4 rings (SSSR count). The van der Waals surface area contributed by atoms with E-state index in [9.17, 15) is 0 Å². The van der Waals surface area contributed by atoms with Crippen LogP contribution in [0.25, 0.3) is 10.6 Å². The second-order valence-electron chi connectivity index (χ2n) is 6.35. The Morgan fingerprint density at radius 3 is 2.96 bits per heavy atom. The molecule has 4 nitrogen and oxygen atoms in total. The Balaban J connectivity index is 1.47. The molecule has 1 aliphatic heterocycles. The number of nitrogens with one attached hydrogen (secondary N) is 1. The predicted octanol–water partition coefficient (Wildman–Crippen LogP) is 4.04. The summed E-state index contributed by atoms with van der Waals surface area (Å²) in [4.78, 5) is 7.32. The average Bonchev–Trinajstić information content (AvgIpc) is 3.24. The Morgan fingerprint density at radius 1 is 1.25 bits per heavy atom. The molecule has 124 valence electrons. The van der Waals surface area contributed by atoms with Gasteiger partial charge >= 0.3 is 0 Å². The third kappa shape index (κ3) is 3.14. The van der Waals surface area contributed by atoms with Gasteiger partial charge in [0.05, 0.1) is 11.4 Å². The van der Waals surface area contributed by atoms with Gasteiger partial charge in [-0.25, -0.2) is 4.98 Å². The summed E-state index contributed by atoms with van der Waals surface area (Å²) < 4.78 is 0. The molecule has 1 N–H and O–H groups in total. The van der Waals surface area contributed by atoms with Crippen LogP contribution in [0.4, 0.5) is 0 Å². The molecule has 5 heteroatoms. The fourth-order valence-corrected chi connectivity index (χ4v) is 4.13. The highest BCUT2D eigenvalue weighted by Gasteiger charge is 2.22. The Kier molecular flexibility index (Phi) is 4.45. The monoisotopic (exact) mass is 338 g/mol. The lowest BCUT2D eigenvalue weighted by molar-refractivity contribution is 0.241. The van der Waals surface area contributed by atoms with Gasteiger partial charge in [-0.2, -0.15) is 5.10 Å². The standard InChI is InChI=1S/C19H22N4S/c1-2-6-17-16-12-23(10-9-18(16)22-21-17)11-15-13-24-19(20-15)14-7-4-3-5-8-14/h3-5,7-8,13H,2,6,9-12H2,1H3,(H,21,22). The zero-order valence-corrected chi connectivity index (χ0v) is 14.8. The van der Waals surface area contributed by atoms with E-state index in [0.717, 1.165) is 43.9 Å². The number of aromatic amines is 1. The van der Waals surface area contributed by atoms with Crippen molar-refractivity contribution in [2.75, 3.05) is 6.54 Å². The van der Waals surface area contributed by atoms with Crippen LogP contribution in [-0.4, -0.2) is 26.6 Å². The largest absolute Gasteiger partial charge is 0.293 e. The van der Waals surface area contributed by atoms with E-state index in [1.165, 1.54) is 28.2 Å². The number of rotatable bonds is 5. The molecule has 2 aromatic heterocycles. The van der Waals surface area contributed by atoms with Crippen molar-refractivity contribution in [3.05, 3.63) is 58.4 Å².